The predicted octanol–water partition coefficient (Wildman–Crippen LogP) is 2.80. The van der Waals surface area contributed by atoms with Crippen molar-refractivity contribution in [3.05, 3.63) is 45.2 Å². The summed E-state index contributed by atoms with van der Waals surface area (Å²) in [4.78, 5) is 26.2. The van der Waals surface area contributed by atoms with Gasteiger partial charge in [-0.05, 0) is 57.2 Å². The summed E-state index contributed by atoms with van der Waals surface area (Å²) in [7, 11) is 0. The van der Waals surface area contributed by atoms with Gasteiger partial charge in [-0.3, -0.25) is 9.59 Å². The SMILES string of the molecule is Cc1cc(C)c2[nH]c(=O)c(CC(C)(C)C(=O)O)cc2c1. The first kappa shape index (κ1) is 14.3. The summed E-state index contributed by atoms with van der Waals surface area (Å²) in [6.07, 6.45) is 0.209. The zero-order chi connectivity index (χ0) is 15.1. The highest BCUT2D eigenvalue weighted by Gasteiger charge is 2.28. The Morgan fingerprint density at radius 2 is 1.90 bits per heavy atom. The Bertz CT molecular complexity index is 741. The highest BCUT2D eigenvalue weighted by Crippen LogP contribution is 2.23. The minimum absolute atomic E-state index is 0.209. The van der Waals surface area contributed by atoms with Gasteiger partial charge >= 0.3 is 5.97 Å². The van der Waals surface area contributed by atoms with Crippen molar-refractivity contribution in [3.8, 4) is 0 Å². The van der Waals surface area contributed by atoms with Gasteiger partial charge in [0.15, 0.2) is 0 Å². The lowest BCUT2D eigenvalue weighted by molar-refractivity contribution is -0.146. The van der Waals surface area contributed by atoms with Crippen LogP contribution in [0.4, 0.5) is 0 Å². The van der Waals surface area contributed by atoms with Crippen molar-refractivity contribution in [1.29, 1.82) is 0 Å². The Hall–Kier alpha value is -2.10. The Labute approximate surface area is 117 Å². The third-order valence-corrected chi connectivity index (χ3v) is 3.58. The number of benzene rings is 1. The number of carboxylic acids is 1. The first-order chi connectivity index (χ1) is 9.20. The molecular formula is C16H19NO3. The summed E-state index contributed by atoms with van der Waals surface area (Å²) in [5.74, 6) is -0.905. The molecular weight excluding hydrogens is 254 g/mol. The van der Waals surface area contributed by atoms with Crippen LogP contribution in [0.2, 0.25) is 0 Å². The van der Waals surface area contributed by atoms with Crippen LogP contribution in [0.1, 0.15) is 30.5 Å². The van der Waals surface area contributed by atoms with E-state index < -0.39 is 11.4 Å². The molecule has 1 aromatic heterocycles. The van der Waals surface area contributed by atoms with E-state index in [-0.39, 0.29) is 12.0 Å². The average molecular weight is 273 g/mol. The zero-order valence-corrected chi connectivity index (χ0v) is 12.2. The van der Waals surface area contributed by atoms with Gasteiger partial charge in [0.05, 0.1) is 10.9 Å². The predicted molar refractivity (Wildman–Crippen MR) is 79.2 cm³/mol. The van der Waals surface area contributed by atoms with Crippen molar-refractivity contribution in [2.24, 2.45) is 5.41 Å². The first-order valence-electron chi connectivity index (χ1n) is 6.57. The van der Waals surface area contributed by atoms with Crippen LogP contribution in [0.15, 0.2) is 23.0 Å². The number of pyridine rings is 1. The molecule has 0 bridgehead atoms. The highest BCUT2D eigenvalue weighted by atomic mass is 16.4. The molecule has 1 heterocycles. The number of fused-ring (bicyclic) bond motifs is 1. The second-order valence-electron chi connectivity index (χ2n) is 6.04. The molecule has 0 atom stereocenters. The lowest BCUT2D eigenvalue weighted by Gasteiger charge is -2.18. The van der Waals surface area contributed by atoms with Crippen LogP contribution < -0.4 is 5.56 Å². The number of carboxylic acid groups (broad SMARTS) is 1. The number of aliphatic carboxylic acids is 1. The van der Waals surface area contributed by atoms with Crippen molar-refractivity contribution in [2.45, 2.75) is 34.1 Å². The summed E-state index contributed by atoms with van der Waals surface area (Å²) < 4.78 is 0. The molecule has 4 heteroatoms. The molecule has 2 N–H and O–H groups in total. The summed E-state index contributed by atoms with van der Waals surface area (Å²) in [6, 6.07) is 5.81. The van der Waals surface area contributed by atoms with Crippen molar-refractivity contribution >= 4 is 16.9 Å². The highest BCUT2D eigenvalue weighted by molar-refractivity contribution is 5.83. The van der Waals surface area contributed by atoms with E-state index in [1.165, 1.54) is 0 Å². The molecule has 0 saturated heterocycles. The van der Waals surface area contributed by atoms with Crippen LogP contribution in [0.3, 0.4) is 0 Å². The molecule has 0 aliphatic heterocycles. The van der Waals surface area contributed by atoms with Crippen LogP contribution in [0.5, 0.6) is 0 Å². The zero-order valence-electron chi connectivity index (χ0n) is 12.2. The van der Waals surface area contributed by atoms with Gasteiger partial charge in [-0.2, -0.15) is 0 Å². The van der Waals surface area contributed by atoms with Crippen LogP contribution in [0, 0.1) is 19.3 Å². The lowest BCUT2D eigenvalue weighted by atomic mass is 9.86. The van der Waals surface area contributed by atoms with Gasteiger partial charge in [0, 0.05) is 5.56 Å². The van der Waals surface area contributed by atoms with Crippen molar-refractivity contribution in [1.82, 2.24) is 4.98 Å². The van der Waals surface area contributed by atoms with Crippen LogP contribution >= 0.6 is 0 Å². The molecule has 0 spiro atoms. The van der Waals surface area contributed by atoms with E-state index in [1.54, 1.807) is 19.9 Å². The van der Waals surface area contributed by atoms with E-state index in [1.807, 2.05) is 26.0 Å². The number of hydrogen-bond donors (Lipinski definition) is 2. The number of aryl methyl sites for hydroxylation is 2. The largest absolute Gasteiger partial charge is 0.481 e. The maximum absolute atomic E-state index is 12.1. The van der Waals surface area contributed by atoms with E-state index in [0.29, 0.717) is 5.56 Å². The molecule has 0 fully saturated rings. The Balaban J connectivity index is 2.59. The van der Waals surface area contributed by atoms with Gasteiger partial charge in [0.25, 0.3) is 5.56 Å². The summed E-state index contributed by atoms with van der Waals surface area (Å²) in [6.45, 7) is 7.20. The van der Waals surface area contributed by atoms with Gasteiger partial charge in [-0.25, -0.2) is 0 Å². The van der Waals surface area contributed by atoms with E-state index in [4.69, 9.17) is 0 Å². The standard InChI is InChI=1S/C16H19NO3/c1-9-5-10(2)13-11(6-9)7-12(14(18)17-13)8-16(3,4)15(19)20/h5-7H,8H2,1-4H3,(H,17,18)(H,19,20). The molecule has 2 rings (SSSR count). The topological polar surface area (TPSA) is 70.2 Å². The van der Waals surface area contributed by atoms with Gasteiger partial charge in [0.2, 0.25) is 0 Å². The number of aromatic nitrogens is 1. The van der Waals surface area contributed by atoms with E-state index in [0.717, 1.165) is 22.0 Å². The van der Waals surface area contributed by atoms with Crippen molar-refractivity contribution in [3.63, 3.8) is 0 Å². The molecule has 1 aromatic carbocycles. The molecule has 106 valence electrons. The van der Waals surface area contributed by atoms with E-state index in [2.05, 4.69) is 4.98 Å². The summed E-state index contributed by atoms with van der Waals surface area (Å²) >= 11 is 0. The molecule has 0 aliphatic carbocycles. The minimum Gasteiger partial charge on any atom is -0.481 e. The van der Waals surface area contributed by atoms with Crippen LogP contribution in [-0.2, 0) is 11.2 Å². The minimum atomic E-state index is -0.959. The third-order valence-electron chi connectivity index (χ3n) is 3.58. The fraction of sp³-hybridized carbons (Fsp3) is 0.375. The maximum atomic E-state index is 12.1. The number of rotatable bonds is 3. The second-order valence-corrected chi connectivity index (χ2v) is 6.04. The van der Waals surface area contributed by atoms with E-state index >= 15 is 0 Å². The van der Waals surface area contributed by atoms with Gasteiger partial charge in [-0.15, -0.1) is 0 Å². The number of aromatic amines is 1. The molecule has 0 unspecified atom stereocenters. The fourth-order valence-electron chi connectivity index (χ4n) is 2.42. The normalized spacial score (nSPS) is 11.8. The Kier molecular flexibility index (Phi) is 3.42. The van der Waals surface area contributed by atoms with E-state index in [9.17, 15) is 14.7 Å². The van der Waals surface area contributed by atoms with Crippen molar-refractivity contribution < 1.29 is 9.90 Å². The summed E-state index contributed by atoms with van der Waals surface area (Å²) in [5, 5.41) is 10.1. The molecule has 20 heavy (non-hydrogen) atoms. The third kappa shape index (κ3) is 2.59. The van der Waals surface area contributed by atoms with Gasteiger partial charge < -0.3 is 10.1 Å². The van der Waals surface area contributed by atoms with Crippen molar-refractivity contribution in [2.75, 3.05) is 0 Å². The van der Waals surface area contributed by atoms with Gasteiger partial charge in [-0.1, -0.05) is 11.6 Å². The molecule has 4 nitrogen and oxygen atoms in total. The first-order valence-corrected chi connectivity index (χ1v) is 6.57. The van der Waals surface area contributed by atoms with Gasteiger partial charge in [0.1, 0.15) is 0 Å². The smallest absolute Gasteiger partial charge is 0.309 e. The molecule has 0 saturated carbocycles. The fourth-order valence-corrected chi connectivity index (χ4v) is 2.42. The van der Waals surface area contributed by atoms with Crippen LogP contribution in [-0.4, -0.2) is 16.1 Å². The monoisotopic (exact) mass is 273 g/mol. The number of nitrogens with one attached hydrogen (secondary N) is 1. The Morgan fingerprint density at radius 1 is 1.25 bits per heavy atom. The molecule has 0 radical (unpaired) electrons. The number of carbonyl (C=O) groups is 1. The average Bonchev–Trinajstić information content (AvgIpc) is 2.30. The number of hydrogen-bond acceptors (Lipinski definition) is 2. The molecule has 2 aromatic rings. The summed E-state index contributed by atoms with van der Waals surface area (Å²) in [5.41, 5.74) is 2.29. The second kappa shape index (κ2) is 4.78. The number of H-pyrrole nitrogens is 1. The Morgan fingerprint density at radius 3 is 2.50 bits per heavy atom. The maximum Gasteiger partial charge on any atom is 0.309 e. The molecule has 0 aliphatic rings. The van der Waals surface area contributed by atoms with Crippen LogP contribution in [0.25, 0.3) is 10.9 Å². The molecule has 0 amide bonds. The lowest BCUT2D eigenvalue weighted by Crippen LogP contribution is -2.29. The quantitative estimate of drug-likeness (QED) is 0.903.